The van der Waals surface area contributed by atoms with Gasteiger partial charge >= 0.3 is 0 Å². The highest BCUT2D eigenvalue weighted by Crippen LogP contribution is 2.39. The summed E-state index contributed by atoms with van der Waals surface area (Å²) in [4.78, 5) is 48.9. The van der Waals surface area contributed by atoms with Gasteiger partial charge in [0.15, 0.2) is 11.5 Å². The maximum absolute atomic E-state index is 12.7. The number of aliphatic carboxylic acids is 1. The lowest BCUT2D eigenvalue weighted by molar-refractivity contribution is -0.307. The van der Waals surface area contributed by atoms with E-state index in [9.17, 15) is 24.3 Å². The fourth-order valence-corrected chi connectivity index (χ4v) is 3.97. The van der Waals surface area contributed by atoms with Crippen molar-refractivity contribution in [3.8, 4) is 11.5 Å². The molecule has 3 rings (SSSR count). The standard InChI is InChI=1S/C22H19ClN2O7S/c1-12-3-5-14(6-4-12)24-18(26)10-25-21(29)17(33-22(25)30)9-13-7-15(23)20(16(8-13)31-2)32-11-19(27)28/h3-9H,10-11H2,1-2H3,(H,24,26)(H,27,28)/p-1/b17-9-. The van der Waals surface area contributed by atoms with E-state index in [1.165, 1.54) is 25.3 Å². The first kappa shape index (κ1) is 24.1. The minimum absolute atomic E-state index is 0.00129. The van der Waals surface area contributed by atoms with E-state index in [-0.39, 0.29) is 21.4 Å². The van der Waals surface area contributed by atoms with Gasteiger partial charge in [0.05, 0.1) is 23.0 Å². The van der Waals surface area contributed by atoms with Crippen LogP contribution in [-0.2, 0) is 14.4 Å². The number of hydrogen-bond acceptors (Lipinski definition) is 8. The molecule has 1 fully saturated rings. The summed E-state index contributed by atoms with van der Waals surface area (Å²) in [7, 11) is 1.34. The van der Waals surface area contributed by atoms with Crippen LogP contribution in [0, 0.1) is 6.92 Å². The summed E-state index contributed by atoms with van der Waals surface area (Å²) in [6.07, 6.45) is 1.42. The molecule has 11 heteroatoms. The lowest BCUT2D eigenvalue weighted by atomic mass is 10.1. The van der Waals surface area contributed by atoms with E-state index in [2.05, 4.69) is 5.32 Å². The minimum atomic E-state index is -1.43. The van der Waals surface area contributed by atoms with Crippen molar-refractivity contribution in [1.29, 1.82) is 0 Å². The van der Waals surface area contributed by atoms with Gasteiger partial charge in [-0.25, -0.2) is 0 Å². The fraction of sp³-hybridized carbons (Fsp3) is 0.182. The number of halogens is 1. The Morgan fingerprint density at radius 2 is 1.91 bits per heavy atom. The van der Waals surface area contributed by atoms with Crippen LogP contribution in [0.15, 0.2) is 41.3 Å². The molecule has 0 aromatic heterocycles. The Labute approximate surface area is 198 Å². The fourth-order valence-electron chi connectivity index (χ4n) is 2.86. The smallest absolute Gasteiger partial charge is 0.294 e. The van der Waals surface area contributed by atoms with Gasteiger partial charge in [0, 0.05) is 5.69 Å². The van der Waals surface area contributed by atoms with E-state index in [0.29, 0.717) is 23.0 Å². The number of imide groups is 1. The normalized spacial score (nSPS) is 14.5. The number of benzene rings is 2. The van der Waals surface area contributed by atoms with Gasteiger partial charge < -0.3 is 24.7 Å². The van der Waals surface area contributed by atoms with Crippen molar-refractivity contribution in [3.63, 3.8) is 0 Å². The molecule has 1 aliphatic rings. The Hall–Kier alpha value is -3.50. The molecule has 0 aliphatic carbocycles. The first-order valence-corrected chi connectivity index (χ1v) is 10.7. The van der Waals surface area contributed by atoms with Gasteiger partial charge in [-0.05, 0) is 54.6 Å². The van der Waals surface area contributed by atoms with Crippen molar-refractivity contribution in [2.24, 2.45) is 0 Å². The first-order chi connectivity index (χ1) is 15.7. The van der Waals surface area contributed by atoms with E-state index in [4.69, 9.17) is 21.1 Å². The average Bonchev–Trinajstić information content (AvgIpc) is 3.01. The number of methoxy groups -OCH3 is 1. The summed E-state index contributed by atoms with van der Waals surface area (Å²) in [5.41, 5.74) is 1.99. The molecule has 1 aliphatic heterocycles. The minimum Gasteiger partial charge on any atom is -0.546 e. The number of nitrogens with one attached hydrogen (secondary N) is 1. The van der Waals surface area contributed by atoms with Crippen LogP contribution in [0.3, 0.4) is 0 Å². The van der Waals surface area contributed by atoms with Gasteiger partial charge in [-0.15, -0.1) is 0 Å². The monoisotopic (exact) mass is 489 g/mol. The molecule has 2 aromatic rings. The number of carboxylic acid groups (broad SMARTS) is 1. The predicted octanol–water partition coefficient (Wildman–Crippen LogP) is 2.46. The molecule has 3 amide bonds. The molecule has 9 nitrogen and oxygen atoms in total. The molecule has 33 heavy (non-hydrogen) atoms. The summed E-state index contributed by atoms with van der Waals surface area (Å²) in [6, 6.07) is 9.98. The molecule has 1 saturated heterocycles. The Morgan fingerprint density at radius 1 is 1.21 bits per heavy atom. The maximum atomic E-state index is 12.7. The lowest BCUT2D eigenvalue weighted by Crippen LogP contribution is -2.36. The van der Waals surface area contributed by atoms with E-state index < -0.39 is 36.2 Å². The number of ether oxygens (including phenoxy) is 2. The average molecular weight is 490 g/mol. The van der Waals surface area contributed by atoms with Crippen LogP contribution in [0.5, 0.6) is 11.5 Å². The van der Waals surface area contributed by atoms with Crippen LogP contribution in [0.1, 0.15) is 11.1 Å². The van der Waals surface area contributed by atoms with Crippen molar-refractivity contribution in [3.05, 3.63) is 57.5 Å². The molecule has 0 unspecified atom stereocenters. The number of carbonyl (C=O) groups is 4. The Kier molecular flexibility index (Phi) is 7.62. The number of rotatable bonds is 8. The second-order valence-corrected chi connectivity index (χ2v) is 8.28. The van der Waals surface area contributed by atoms with Crippen LogP contribution in [-0.4, -0.2) is 48.2 Å². The van der Waals surface area contributed by atoms with Crippen molar-refractivity contribution in [2.75, 3.05) is 25.6 Å². The van der Waals surface area contributed by atoms with Crippen LogP contribution >= 0.6 is 23.4 Å². The van der Waals surface area contributed by atoms with Crippen molar-refractivity contribution < 1.29 is 33.8 Å². The highest BCUT2D eigenvalue weighted by molar-refractivity contribution is 8.18. The van der Waals surface area contributed by atoms with E-state index in [1.807, 2.05) is 19.1 Å². The van der Waals surface area contributed by atoms with Crippen molar-refractivity contribution in [2.45, 2.75) is 6.92 Å². The van der Waals surface area contributed by atoms with Crippen LogP contribution in [0.25, 0.3) is 6.08 Å². The summed E-state index contributed by atoms with van der Waals surface area (Å²) in [5.74, 6) is -2.44. The van der Waals surface area contributed by atoms with Gasteiger partial charge in [-0.1, -0.05) is 29.3 Å². The van der Waals surface area contributed by atoms with Gasteiger partial charge in [-0.3, -0.25) is 19.3 Å². The summed E-state index contributed by atoms with van der Waals surface area (Å²) >= 11 is 6.84. The lowest BCUT2D eigenvalue weighted by Gasteiger charge is -2.14. The molecule has 0 bridgehead atoms. The molecule has 1 heterocycles. The van der Waals surface area contributed by atoms with E-state index >= 15 is 0 Å². The molecular weight excluding hydrogens is 472 g/mol. The number of anilines is 1. The first-order valence-electron chi connectivity index (χ1n) is 9.50. The SMILES string of the molecule is COc1cc(/C=C2\SC(=O)N(CC(=O)Nc3ccc(C)cc3)C2=O)cc(Cl)c1OCC(=O)[O-]. The third-order valence-electron chi connectivity index (χ3n) is 4.39. The number of carbonyl (C=O) groups excluding carboxylic acids is 4. The van der Waals surface area contributed by atoms with Gasteiger partial charge in [0.2, 0.25) is 5.91 Å². The number of aryl methyl sites for hydroxylation is 1. The number of nitrogens with zero attached hydrogens (tertiary/aromatic N) is 1. The number of thioether (sulfide) groups is 1. The van der Waals surface area contributed by atoms with Crippen LogP contribution in [0.2, 0.25) is 5.02 Å². The van der Waals surface area contributed by atoms with E-state index in [0.717, 1.165) is 10.5 Å². The van der Waals surface area contributed by atoms with Crippen LogP contribution in [0.4, 0.5) is 10.5 Å². The summed E-state index contributed by atoms with van der Waals surface area (Å²) in [6.45, 7) is 0.754. The van der Waals surface area contributed by atoms with Gasteiger partial charge in [0.25, 0.3) is 11.1 Å². The molecule has 0 radical (unpaired) electrons. The molecule has 0 saturated carbocycles. The highest BCUT2D eigenvalue weighted by Gasteiger charge is 2.36. The topological polar surface area (TPSA) is 125 Å². The summed E-state index contributed by atoms with van der Waals surface area (Å²) < 4.78 is 10.3. The zero-order chi connectivity index (χ0) is 24.1. The van der Waals surface area contributed by atoms with Gasteiger partial charge in [0.1, 0.15) is 13.2 Å². The molecule has 1 N–H and O–H groups in total. The van der Waals surface area contributed by atoms with Crippen LogP contribution < -0.4 is 19.9 Å². The second kappa shape index (κ2) is 10.4. The third-order valence-corrected chi connectivity index (χ3v) is 5.58. The molecule has 172 valence electrons. The molecular formula is C22H18ClN2O7S-. The highest BCUT2D eigenvalue weighted by atomic mass is 35.5. The van der Waals surface area contributed by atoms with Crippen molar-refractivity contribution in [1.82, 2.24) is 4.90 Å². The third kappa shape index (κ3) is 6.05. The Balaban J connectivity index is 1.74. The molecule has 2 aromatic carbocycles. The maximum Gasteiger partial charge on any atom is 0.294 e. The number of amides is 3. The number of carboxylic acids is 1. The largest absolute Gasteiger partial charge is 0.546 e. The molecule has 0 atom stereocenters. The zero-order valence-corrected chi connectivity index (χ0v) is 19.1. The van der Waals surface area contributed by atoms with Gasteiger partial charge in [-0.2, -0.15) is 0 Å². The second-order valence-electron chi connectivity index (χ2n) is 6.88. The summed E-state index contributed by atoms with van der Waals surface area (Å²) in [5, 5.41) is 12.7. The Bertz CT molecular complexity index is 1150. The molecule has 0 spiro atoms. The van der Waals surface area contributed by atoms with Crippen molar-refractivity contribution >= 4 is 58.1 Å². The van der Waals surface area contributed by atoms with E-state index in [1.54, 1.807) is 12.1 Å². The quantitative estimate of drug-likeness (QED) is 0.560. The number of hydrogen-bond donors (Lipinski definition) is 1. The Morgan fingerprint density at radius 3 is 2.55 bits per heavy atom. The zero-order valence-electron chi connectivity index (χ0n) is 17.5. The predicted molar refractivity (Wildman–Crippen MR) is 121 cm³/mol.